The van der Waals surface area contributed by atoms with E-state index in [-0.39, 0.29) is 6.10 Å². The van der Waals surface area contributed by atoms with Crippen molar-refractivity contribution in [3.63, 3.8) is 0 Å². The maximum Gasteiger partial charge on any atom is 0.128 e. The highest BCUT2D eigenvalue weighted by molar-refractivity contribution is 5.42. The van der Waals surface area contributed by atoms with Gasteiger partial charge in [0.25, 0.3) is 0 Å². The monoisotopic (exact) mass is 265 g/mol. The van der Waals surface area contributed by atoms with Crippen LogP contribution in [-0.2, 0) is 4.74 Å². The first-order valence-corrected chi connectivity index (χ1v) is 6.85. The molecule has 0 radical (unpaired) electrons. The molecule has 1 fully saturated rings. The molecule has 1 aromatic rings. The van der Waals surface area contributed by atoms with E-state index in [4.69, 9.17) is 14.2 Å². The van der Waals surface area contributed by atoms with Gasteiger partial charge in [0, 0.05) is 30.8 Å². The number of ether oxygens (including phenoxy) is 3. The molecule has 1 aliphatic heterocycles. The predicted molar refractivity (Wildman–Crippen MR) is 74.9 cm³/mol. The van der Waals surface area contributed by atoms with Crippen LogP contribution in [0, 0.1) is 0 Å². The van der Waals surface area contributed by atoms with Crippen LogP contribution >= 0.6 is 0 Å². The molecule has 2 atom stereocenters. The molecule has 4 heteroatoms. The van der Waals surface area contributed by atoms with Crippen LogP contribution < -0.4 is 14.8 Å². The van der Waals surface area contributed by atoms with Gasteiger partial charge in [0.15, 0.2) is 0 Å². The maximum absolute atomic E-state index is 5.95. The lowest BCUT2D eigenvalue weighted by Gasteiger charge is -2.19. The van der Waals surface area contributed by atoms with E-state index in [1.165, 1.54) is 0 Å². The van der Waals surface area contributed by atoms with E-state index >= 15 is 0 Å². The third kappa shape index (κ3) is 3.39. The molecule has 1 heterocycles. The van der Waals surface area contributed by atoms with E-state index < -0.39 is 0 Å². The molecule has 1 saturated heterocycles. The van der Waals surface area contributed by atoms with Crippen molar-refractivity contribution in [3.8, 4) is 11.5 Å². The van der Waals surface area contributed by atoms with Crippen molar-refractivity contribution in [2.75, 3.05) is 27.4 Å². The molecule has 1 N–H and O–H groups in total. The predicted octanol–water partition coefficient (Wildman–Crippen LogP) is 2.53. The zero-order chi connectivity index (χ0) is 13.7. The Hall–Kier alpha value is -1.26. The third-order valence-corrected chi connectivity index (χ3v) is 3.66. The first-order chi connectivity index (χ1) is 9.28. The second-order valence-corrected chi connectivity index (χ2v) is 4.77. The van der Waals surface area contributed by atoms with Crippen LogP contribution in [0.1, 0.15) is 31.4 Å². The minimum Gasteiger partial charge on any atom is -0.497 e. The molecule has 0 aliphatic carbocycles. The average Bonchev–Trinajstić information content (AvgIpc) is 2.71. The number of nitrogens with one attached hydrogen (secondary N) is 1. The van der Waals surface area contributed by atoms with Gasteiger partial charge >= 0.3 is 0 Å². The Balaban J connectivity index is 2.16. The molecule has 19 heavy (non-hydrogen) atoms. The Labute approximate surface area is 115 Å². The SMILES string of the molecule is CCC1CCOC(c2ccc(OC)cc2OC)CN1. The lowest BCUT2D eigenvalue weighted by molar-refractivity contribution is 0.0645. The van der Waals surface area contributed by atoms with Crippen molar-refractivity contribution >= 4 is 0 Å². The van der Waals surface area contributed by atoms with Crippen molar-refractivity contribution in [1.29, 1.82) is 0 Å². The zero-order valence-corrected chi connectivity index (χ0v) is 11.9. The molecule has 106 valence electrons. The van der Waals surface area contributed by atoms with Crippen molar-refractivity contribution in [2.45, 2.75) is 31.9 Å². The average molecular weight is 265 g/mol. The standard InChI is InChI=1S/C15H23NO3/c1-4-11-7-8-19-15(10-16-11)13-6-5-12(17-2)9-14(13)18-3/h5-6,9,11,15-16H,4,7-8,10H2,1-3H3. The highest BCUT2D eigenvalue weighted by atomic mass is 16.5. The van der Waals surface area contributed by atoms with E-state index in [2.05, 4.69) is 12.2 Å². The molecule has 0 saturated carbocycles. The molecule has 2 unspecified atom stereocenters. The topological polar surface area (TPSA) is 39.7 Å². The summed E-state index contributed by atoms with van der Waals surface area (Å²) in [6.45, 7) is 3.80. The summed E-state index contributed by atoms with van der Waals surface area (Å²) in [5.41, 5.74) is 1.08. The molecule has 1 aromatic carbocycles. The second kappa shape index (κ2) is 6.78. The Kier molecular flexibility index (Phi) is 5.05. The van der Waals surface area contributed by atoms with Crippen molar-refractivity contribution in [1.82, 2.24) is 5.32 Å². The zero-order valence-electron chi connectivity index (χ0n) is 11.9. The Morgan fingerprint density at radius 1 is 1.32 bits per heavy atom. The van der Waals surface area contributed by atoms with Crippen LogP contribution in [0.4, 0.5) is 0 Å². The van der Waals surface area contributed by atoms with Gasteiger partial charge in [0.1, 0.15) is 11.5 Å². The molecule has 4 nitrogen and oxygen atoms in total. The van der Waals surface area contributed by atoms with Gasteiger partial charge in [0.2, 0.25) is 0 Å². The fraction of sp³-hybridized carbons (Fsp3) is 0.600. The van der Waals surface area contributed by atoms with Crippen LogP contribution in [0.2, 0.25) is 0 Å². The van der Waals surface area contributed by atoms with E-state index in [1.807, 2.05) is 18.2 Å². The highest BCUT2D eigenvalue weighted by Crippen LogP contribution is 2.32. The van der Waals surface area contributed by atoms with E-state index in [0.717, 1.165) is 43.1 Å². The highest BCUT2D eigenvalue weighted by Gasteiger charge is 2.22. The van der Waals surface area contributed by atoms with Gasteiger partial charge in [0.05, 0.1) is 20.3 Å². The van der Waals surface area contributed by atoms with Gasteiger partial charge in [-0.15, -0.1) is 0 Å². The third-order valence-electron chi connectivity index (χ3n) is 3.66. The van der Waals surface area contributed by atoms with Crippen molar-refractivity contribution in [2.24, 2.45) is 0 Å². The number of hydrogen-bond donors (Lipinski definition) is 1. The van der Waals surface area contributed by atoms with Gasteiger partial charge in [-0.2, -0.15) is 0 Å². The van der Waals surface area contributed by atoms with Gasteiger partial charge < -0.3 is 19.5 Å². The quantitative estimate of drug-likeness (QED) is 0.908. The molecule has 0 bridgehead atoms. The van der Waals surface area contributed by atoms with Crippen LogP contribution in [0.15, 0.2) is 18.2 Å². The molecule has 0 aromatic heterocycles. The molecular weight excluding hydrogens is 242 g/mol. The van der Waals surface area contributed by atoms with Crippen LogP contribution in [0.25, 0.3) is 0 Å². The van der Waals surface area contributed by atoms with E-state index in [9.17, 15) is 0 Å². The maximum atomic E-state index is 5.95. The van der Waals surface area contributed by atoms with Crippen LogP contribution in [-0.4, -0.2) is 33.4 Å². The van der Waals surface area contributed by atoms with Crippen molar-refractivity contribution in [3.05, 3.63) is 23.8 Å². The fourth-order valence-electron chi connectivity index (χ4n) is 2.42. The first kappa shape index (κ1) is 14.2. The summed E-state index contributed by atoms with van der Waals surface area (Å²) < 4.78 is 16.6. The summed E-state index contributed by atoms with van der Waals surface area (Å²) in [6, 6.07) is 6.43. The Morgan fingerprint density at radius 2 is 2.16 bits per heavy atom. The summed E-state index contributed by atoms with van der Waals surface area (Å²) in [4.78, 5) is 0. The number of rotatable bonds is 4. The summed E-state index contributed by atoms with van der Waals surface area (Å²) in [6.07, 6.45) is 2.23. The van der Waals surface area contributed by atoms with E-state index in [1.54, 1.807) is 14.2 Å². The van der Waals surface area contributed by atoms with Crippen LogP contribution in [0.5, 0.6) is 11.5 Å². The minimum absolute atomic E-state index is 0.0393. The lowest BCUT2D eigenvalue weighted by Crippen LogP contribution is -2.29. The Bertz CT molecular complexity index is 408. The number of hydrogen-bond acceptors (Lipinski definition) is 4. The molecule has 1 aliphatic rings. The smallest absolute Gasteiger partial charge is 0.128 e. The lowest BCUT2D eigenvalue weighted by atomic mass is 10.1. The van der Waals surface area contributed by atoms with Gasteiger partial charge in [-0.05, 0) is 25.0 Å². The summed E-state index contributed by atoms with van der Waals surface area (Å²) >= 11 is 0. The van der Waals surface area contributed by atoms with Crippen LogP contribution in [0.3, 0.4) is 0 Å². The first-order valence-electron chi connectivity index (χ1n) is 6.85. The summed E-state index contributed by atoms with van der Waals surface area (Å²) in [5, 5.41) is 3.55. The van der Waals surface area contributed by atoms with Crippen molar-refractivity contribution < 1.29 is 14.2 Å². The molecule has 0 spiro atoms. The van der Waals surface area contributed by atoms with Gasteiger partial charge in [-0.1, -0.05) is 6.92 Å². The molecule has 0 amide bonds. The molecule has 2 rings (SSSR count). The fourth-order valence-corrected chi connectivity index (χ4v) is 2.42. The number of benzene rings is 1. The number of methoxy groups -OCH3 is 2. The largest absolute Gasteiger partial charge is 0.497 e. The summed E-state index contributed by atoms with van der Waals surface area (Å²) in [7, 11) is 3.33. The second-order valence-electron chi connectivity index (χ2n) is 4.77. The summed E-state index contributed by atoms with van der Waals surface area (Å²) in [5.74, 6) is 1.62. The Morgan fingerprint density at radius 3 is 2.84 bits per heavy atom. The van der Waals surface area contributed by atoms with Gasteiger partial charge in [-0.3, -0.25) is 0 Å². The minimum atomic E-state index is 0.0393. The van der Waals surface area contributed by atoms with E-state index in [0.29, 0.717) is 6.04 Å². The normalized spacial score (nSPS) is 23.7. The molecular formula is C15H23NO3. The van der Waals surface area contributed by atoms with Gasteiger partial charge in [-0.25, -0.2) is 0 Å².